The van der Waals surface area contributed by atoms with Gasteiger partial charge >= 0.3 is 5.97 Å². The number of nitrogens with zero attached hydrogens (tertiary/aromatic N) is 1. The van der Waals surface area contributed by atoms with Crippen LogP contribution in [-0.2, 0) is 9.53 Å². The standard InChI is InChI=1S/C20H24N2O4.BrH/c1-25-14-4-5-18-16(11-14)15(8-10-22-18)19(23)6-3-13-7-9-21-12-17(13)20(24)26-2;/h4-5,8,10-11,13,17,21H,3,6-7,9,12H2,1-2H3;1H/t13-,17+;/m1./s1. The summed E-state index contributed by atoms with van der Waals surface area (Å²) in [6.45, 7) is 1.47. The summed E-state index contributed by atoms with van der Waals surface area (Å²) in [5.74, 6) is 0.538. The minimum atomic E-state index is -0.200. The fourth-order valence-corrected chi connectivity index (χ4v) is 3.63. The van der Waals surface area contributed by atoms with Gasteiger partial charge in [0.1, 0.15) is 5.75 Å². The highest BCUT2D eigenvalue weighted by atomic mass is 79.9. The fourth-order valence-electron chi connectivity index (χ4n) is 3.63. The number of ether oxygens (including phenoxy) is 2. The monoisotopic (exact) mass is 436 g/mol. The van der Waals surface area contributed by atoms with E-state index in [1.54, 1.807) is 19.4 Å². The Bertz CT molecular complexity index is 812. The summed E-state index contributed by atoms with van der Waals surface area (Å²) in [6.07, 6.45) is 3.60. The van der Waals surface area contributed by atoms with Gasteiger partial charge in [0.25, 0.3) is 0 Å². The second kappa shape index (κ2) is 9.80. The van der Waals surface area contributed by atoms with Gasteiger partial charge in [0.05, 0.1) is 25.7 Å². The van der Waals surface area contributed by atoms with Gasteiger partial charge in [-0.2, -0.15) is 0 Å². The lowest BCUT2D eigenvalue weighted by atomic mass is 9.82. The molecule has 0 unspecified atom stereocenters. The summed E-state index contributed by atoms with van der Waals surface area (Å²) in [5, 5.41) is 4.03. The third-order valence-corrected chi connectivity index (χ3v) is 5.12. The van der Waals surface area contributed by atoms with Gasteiger partial charge in [0.15, 0.2) is 5.78 Å². The van der Waals surface area contributed by atoms with E-state index in [1.807, 2.05) is 18.2 Å². The predicted molar refractivity (Wildman–Crippen MR) is 109 cm³/mol. The van der Waals surface area contributed by atoms with Crippen molar-refractivity contribution in [2.45, 2.75) is 19.3 Å². The molecule has 1 aromatic carbocycles. The zero-order chi connectivity index (χ0) is 18.5. The Morgan fingerprint density at radius 3 is 2.81 bits per heavy atom. The summed E-state index contributed by atoms with van der Waals surface area (Å²) in [6, 6.07) is 7.28. The van der Waals surface area contributed by atoms with Crippen LogP contribution in [0.2, 0.25) is 0 Å². The van der Waals surface area contributed by atoms with Crippen molar-refractivity contribution in [2.24, 2.45) is 11.8 Å². The largest absolute Gasteiger partial charge is 0.497 e. The van der Waals surface area contributed by atoms with Crippen LogP contribution in [0.4, 0.5) is 0 Å². The van der Waals surface area contributed by atoms with Crippen molar-refractivity contribution in [3.63, 3.8) is 0 Å². The van der Waals surface area contributed by atoms with Crippen molar-refractivity contribution in [2.75, 3.05) is 27.3 Å². The molecule has 0 aliphatic carbocycles. The molecular formula is C20H25BrN2O4. The number of Topliss-reactive ketones (excluding diaryl/α,β-unsaturated/α-hetero) is 1. The third-order valence-electron chi connectivity index (χ3n) is 5.12. The normalized spacial score (nSPS) is 19.2. The molecule has 0 saturated carbocycles. The first-order valence-corrected chi connectivity index (χ1v) is 8.88. The molecule has 1 aliphatic heterocycles. The first kappa shape index (κ1) is 21.3. The van der Waals surface area contributed by atoms with Crippen molar-refractivity contribution >= 4 is 39.6 Å². The second-order valence-corrected chi connectivity index (χ2v) is 6.59. The lowest BCUT2D eigenvalue weighted by Gasteiger charge is -2.30. The number of benzene rings is 1. The number of nitrogens with one attached hydrogen (secondary N) is 1. The van der Waals surface area contributed by atoms with Gasteiger partial charge in [-0.3, -0.25) is 14.6 Å². The number of rotatable bonds is 6. The van der Waals surface area contributed by atoms with Gasteiger partial charge in [-0.25, -0.2) is 0 Å². The molecule has 0 spiro atoms. The van der Waals surface area contributed by atoms with Crippen LogP contribution >= 0.6 is 17.0 Å². The van der Waals surface area contributed by atoms with Crippen molar-refractivity contribution in [1.29, 1.82) is 0 Å². The molecule has 0 bridgehead atoms. The summed E-state index contributed by atoms with van der Waals surface area (Å²) >= 11 is 0. The lowest BCUT2D eigenvalue weighted by Crippen LogP contribution is -2.41. The number of fused-ring (bicyclic) bond motifs is 1. The molecule has 1 N–H and O–H groups in total. The van der Waals surface area contributed by atoms with Crippen molar-refractivity contribution in [3.05, 3.63) is 36.0 Å². The summed E-state index contributed by atoms with van der Waals surface area (Å²) < 4.78 is 10.2. The number of ketones is 1. The number of aromatic nitrogens is 1. The number of piperidine rings is 1. The number of methoxy groups -OCH3 is 2. The average molecular weight is 437 g/mol. The minimum Gasteiger partial charge on any atom is -0.497 e. The predicted octanol–water partition coefficient (Wildman–Crippen LogP) is 3.18. The molecule has 146 valence electrons. The molecule has 1 saturated heterocycles. The Labute approximate surface area is 169 Å². The van der Waals surface area contributed by atoms with E-state index in [2.05, 4.69) is 10.3 Å². The van der Waals surface area contributed by atoms with E-state index in [0.29, 0.717) is 30.7 Å². The van der Waals surface area contributed by atoms with Crippen molar-refractivity contribution in [3.8, 4) is 5.75 Å². The highest BCUT2D eigenvalue weighted by Gasteiger charge is 2.31. The highest BCUT2D eigenvalue weighted by molar-refractivity contribution is 8.93. The van der Waals surface area contributed by atoms with E-state index in [9.17, 15) is 9.59 Å². The number of carbonyl (C=O) groups excluding carboxylic acids is 2. The summed E-state index contributed by atoms with van der Waals surface area (Å²) in [7, 11) is 3.01. The zero-order valence-electron chi connectivity index (χ0n) is 15.6. The molecule has 1 aliphatic rings. The van der Waals surface area contributed by atoms with Crippen molar-refractivity contribution in [1.82, 2.24) is 10.3 Å². The molecule has 2 heterocycles. The topological polar surface area (TPSA) is 77.5 Å². The molecule has 7 heteroatoms. The average Bonchev–Trinajstić information content (AvgIpc) is 2.70. The number of hydrogen-bond acceptors (Lipinski definition) is 6. The zero-order valence-corrected chi connectivity index (χ0v) is 17.3. The quantitative estimate of drug-likeness (QED) is 0.553. The van der Waals surface area contributed by atoms with E-state index in [-0.39, 0.29) is 40.6 Å². The van der Waals surface area contributed by atoms with Gasteiger partial charge in [-0.05, 0) is 49.6 Å². The molecule has 1 aromatic heterocycles. The van der Waals surface area contributed by atoms with Gasteiger partial charge in [0.2, 0.25) is 0 Å². The first-order valence-electron chi connectivity index (χ1n) is 8.88. The smallest absolute Gasteiger partial charge is 0.310 e. The minimum absolute atomic E-state index is 0. The van der Waals surface area contributed by atoms with Crippen LogP contribution in [0, 0.1) is 11.8 Å². The molecule has 27 heavy (non-hydrogen) atoms. The Morgan fingerprint density at radius 1 is 1.26 bits per heavy atom. The van der Waals surface area contributed by atoms with Crippen LogP contribution < -0.4 is 10.1 Å². The molecule has 0 radical (unpaired) electrons. The number of halogens is 1. The maximum absolute atomic E-state index is 12.8. The maximum Gasteiger partial charge on any atom is 0.310 e. The van der Waals surface area contributed by atoms with E-state index < -0.39 is 0 Å². The lowest BCUT2D eigenvalue weighted by molar-refractivity contribution is -0.148. The van der Waals surface area contributed by atoms with Crippen LogP contribution in [0.25, 0.3) is 10.9 Å². The van der Waals surface area contributed by atoms with E-state index in [1.165, 1.54) is 7.11 Å². The number of hydrogen-bond donors (Lipinski definition) is 1. The Kier molecular flexibility index (Phi) is 7.74. The molecular weight excluding hydrogens is 412 g/mol. The SMILES string of the molecule is Br.COC(=O)[C@H]1CNCC[C@H]1CCC(=O)c1ccnc2ccc(OC)cc12. The van der Waals surface area contributed by atoms with Crippen LogP contribution in [0.3, 0.4) is 0 Å². The van der Waals surface area contributed by atoms with Crippen LogP contribution in [0.15, 0.2) is 30.5 Å². The van der Waals surface area contributed by atoms with Crippen molar-refractivity contribution < 1.29 is 19.1 Å². The van der Waals surface area contributed by atoms with Crippen LogP contribution in [0.5, 0.6) is 5.75 Å². The molecule has 2 atom stereocenters. The molecule has 0 amide bonds. The molecule has 1 fully saturated rings. The summed E-state index contributed by atoms with van der Waals surface area (Å²) in [4.78, 5) is 29.1. The highest BCUT2D eigenvalue weighted by Crippen LogP contribution is 2.28. The number of carbonyl (C=O) groups is 2. The maximum atomic E-state index is 12.8. The molecule has 6 nitrogen and oxygen atoms in total. The Hall–Kier alpha value is -1.99. The molecule has 3 rings (SSSR count). The Balaban J connectivity index is 0.00000261. The number of pyridine rings is 1. The van der Waals surface area contributed by atoms with E-state index in [0.717, 1.165) is 23.9 Å². The second-order valence-electron chi connectivity index (χ2n) is 6.59. The first-order chi connectivity index (χ1) is 12.6. The van der Waals surface area contributed by atoms with Gasteiger partial charge in [0, 0.05) is 30.1 Å². The molecule has 2 aromatic rings. The number of esters is 1. The van der Waals surface area contributed by atoms with Crippen LogP contribution in [0.1, 0.15) is 29.6 Å². The van der Waals surface area contributed by atoms with Crippen LogP contribution in [-0.4, -0.2) is 44.0 Å². The summed E-state index contributed by atoms with van der Waals surface area (Å²) in [5.41, 5.74) is 1.42. The third kappa shape index (κ3) is 4.84. The Morgan fingerprint density at radius 2 is 2.07 bits per heavy atom. The van der Waals surface area contributed by atoms with Gasteiger partial charge in [-0.1, -0.05) is 0 Å². The van der Waals surface area contributed by atoms with Gasteiger partial charge < -0.3 is 14.8 Å². The van der Waals surface area contributed by atoms with E-state index >= 15 is 0 Å². The van der Waals surface area contributed by atoms with E-state index in [4.69, 9.17) is 9.47 Å². The van der Waals surface area contributed by atoms with Gasteiger partial charge in [-0.15, -0.1) is 17.0 Å². The fraction of sp³-hybridized carbons (Fsp3) is 0.450.